The number of carbonyl (C=O) groups is 1. The Morgan fingerprint density at radius 2 is 2.24 bits per heavy atom. The molecule has 0 saturated carbocycles. The van der Waals surface area contributed by atoms with Crippen molar-refractivity contribution in [2.45, 2.75) is 19.3 Å². The van der Waals surface area contributed by atoms with Gasteiger partial charge in [-0.15, -0.1) is 0 Å². The molecule has 5 heteroatoms. The van der Waals surface area contributed by atoms with Crippen molar-refractivity contribution in [1.82, 2.24) is 0 Å². The van der Waals surface area contributed by atoms with Crippen LogP contribution in [-0.2, 0) is 4.79 Å². The number of nitrogens with one attached hydrogen (secondary N) is 1. The maximum absolute atomic E-state index is 10.3. The van der Waals surface area contributed by atoms with Crippen LogP contribution in [0.25, 0.3) is 0 Å². The van der Waals surface area contributed by atoms with Crippen molar-refractivity contribution in [1.29, 1.82) is 0 Å². The second-order valence-corrected chi connectivity index (χ2v) is 4.03. The second-order valence-electron chi connectivity index (χ2n) is 3.62. The van der Waals surface area contributed by atoms with Gasteiger partial charge in [0.1, 0.15) is 5.75 Å². The quantitative estimate of drug-likeness (QED) is 0.737. The number of benzene rings is 1. The Hall–Kier alpha value is -1.42. The Balaban J connectivity index is 2.34. The fourth-order valence-electron chi connectivity index (χ4n) is 1.39. The number of ether oxygens (including phenoxy) is 1. The Kier molecular flexibility index (Phi) is 5.63. The summed E-state index contributed by atoms with van der Waals surface area (Å²) in [6.45, 7) is 0.708. The van der Waals surface area contributed by atoms with Crippen LogP contribution in [-0.4, -0.2) is 24.7 Å². The monoisotopic (exact) mass is 257 g/mol. The number of rotatable bonds is 7. The fourth-order valence-corrected chi connectivity index (χ4v) is 1.63. The molecule has 0 fully saturated rings. The molecular weight excluding hydrogens is 242 g/mol. The second kappa shape index (κ2) is 7.01. The first-order chi connectivity index (χ1) is 8.13. The number of carboxylic acids is 1. The molecule has 94 valence electrons. The van der Waals surface area contributed by atoms with E-state index in [-0.39, 0.29) is 6.42 Å². The van der Waals surface area contributed by atoms with Crippen molar-refractivity contribution >= 4 is 23.3 Å². The summed E-state index contributed by atoms with van der Waals surface area (Å²) >= 11 is 6.03. The van der Waals surface area contributed by atoms with E-state index >= 15 is 0 Å². The van der Waals surface area contributed by atoms with Crippen molar-refractivity contribution in [2.75, 3.05) is 19.0 Å². The number of hydrogen-bond donors (Lipinski definition) is 2. The summed E-state index contributed by atoms with van der Waals surface area (Å²) in [4.78, 5) is 10.3. The zero-order valence-corrected chi connectivity index (χ0v) is 10.5. The summed E-state index contributed by atoms with van der Waals surface area (Å²) in [6.07, 6.45) is 1.67. The van der Waals surface area contributed by atoms with Gasteiger partial charge in [-0.1, -0.05) is 11.6 Å². The smallest absolute Gasteiger partial charge is 0.303 e. The van der Waals surface area contributed by atoms with E-state index in [1.165, 1.54) is 0 Å². The minimum absolute atomic E-state index is 0.206. The lowest BCUT2D eigenvalue weighted by molar-refractivity contribution is -0.137. The van der Waals surface area contributed by atoms with E-state index in [2.05, 4.69) is 5.32 Å². The average Bonchev–Trinajstić information content (AvgIpc) is 2.30. The molecule has 0 bridgehead atoms. The zero-order chi connectivity index (χ0) is 12.7. The van der Waals surface area contributed by atoms with Crippen molar-refractivity contribution < 1.29 is 14.6 Å². The molecule has 0 heterocycles. The number of methoxy groups -OCH3 is 1. The van der Waals surface area contributed by atoms with E-state index in [9.17, 15) is 4.79 Å². The number of aliphatic carboxylic acids is 1. The van der Waals surface area contributed by atoms with Crippen molar-refractivity contribution in [2.24, 2.45) is 0 Å². The first kappa shape index (κ1) is 13.6. The van der Waals surface area contributed by atoms with Crippen LogP contribution in [0.15, 0.2) is 18.2 Å². The van der Waals surface area contributed by atoms with E-state index in [0.717, 1.165) is 12.1 Å². The van der Waals surface area contributed by atoms with Crippen LogP contribution in [0.2, 0.25) is 5.02 Å². The van der Waals surface area contributed by atoms with Crippen LogP contribution in [0.3, 0.4) is 0 Å². The molecule has 1 aromatic carbocycles. The highest BCUT2D eigenvalue weighted by atomic mass is 35.5. The van der Waals surface area contributed by atoms with Gasteiger partial charge in [-0.05, 0) is 25.0 Å². The molecule has 2 N–H and O–H groups in total. The summed E-state index contributed by atoms with van der Waals surface area (Å²) < 4.78 is 5.04. The van der Waals surface area contributed by atoms with Gasteiger partial charge >= 0.3 is 5.97 Å². The maximum atomic E-state index is 10.3. The molecule has 0 saturated heterocycles. The molecule has 0 aromatic heterocycles. The van der Waals surface area contributed by atoms with Gasteiger partial charge in [0.25, 0.3) is 0 Å². The van der Waals surface area contributed by atoms with Gasteiger partial charge in [0, 0.05) is 19.0 Å². The number of halogens is 1. The molecule has 0 spiro atoms. The third kappa shape index (κ3) is 4.95. The summed E-state index contributed by atoms with van der Waals surface area (Å²) in [6, 6.07) is 5.41. The normalized spacial score (nSPS) is 10.0. The first-order valence-corrected chi connectivity index (χ1v) is 5.80. The standard InChI is InChI=1S/C12H16ClNO3/c1-17-9-5-6-11(10(13)8-9)14-7-3-2-4-12(15)16/h5-6,8,14H,2-4,7H2,1H3,(H,15,16). The SMILES string of the molecule is COc1ccc(NCCCCC(=O)O)c(Cl)c1. The highest BCUT2D eigenvalue weighted by Gasteiger charge is 2.02. The van der Waals surface area contributed by atoms with Crippen LogP contribution in [0.4, 0.5) is 5.69 Å². The zero-order valence-electron chi connectivity index (χ0n) is 9.70. The molecule has 17 heavy (non-hydrogen) atoms. The number of carboxylic acid groups (broad SMARTS) is 1. The number of anilines is 1. The van der Waals surface area contributed by atoms with E-state index in [1.54, 1.807) is 13.2 Å². The molecule has 1 aromatic rings. The molecule has 1 rings (SSSR count). The lowest BCUT2D eigenvalue weighted by atomic mass is 10.2. The third-order valence-electron chi connectivity index (χ3n) is 2.31. The summed E-state index contributed by atoms with van der Waals surface area (Å²) in [5, 5.41) is 12.2. The van der Waals surface area contributed by atoms with E-state index in [4.69, 9.17) is 21.4 Å². The molecule has 0 aliphatic carbocycles. The molecule has 0 unspecified atom stereocenters. The van der Waals surface area contributed by atoms with Crippen LogP contribution < -0.4 is 10.1 Å². The lowest BCUT2D eigenvalue weighted by Crippen LogP contribution is -2.03. The average molecular weight is 258 g/mol. The minimum Gasteiger partial charge on any atom is -0.497 e. The number of hydrogen-bond acceptors (Lipinski definition) is 3. The van der Waals surface area contributed by atoms with Gasteiger partial charge in [-0.3, -0.25) is 4.79 Å². The Labute approximate surface area is 106 Å². The van der Waals surface area contributed by atoms with E-state index in [1.807, 2.05) is 12.1 Å². The Morgan fingerprint density at radius 1 is 1.47 bits per heavy atom. The highest BCUT2D eigenvalue weighted by molar-refractivity contribution is 6.33. The summed E-state index contributed by atoms with van der Waals surface area (Å²) in [5.74, 6) is -0.0427. The van der Waals surface area contributed by atoms with Gasteiger partial charge < -0.3 is 15.2 Å². The predicted octanol–water partition coefficient (Wildman–Crippen LogP) is 3.02. The molecule has 0 radical (unpaired) electrons. The summed E-state index contributed by atoms with van der Waals surface area (Å²) in [5.41, 5.74) is 0.836. The van der Waals surface area contributed by atoms with E-state index in [0.29, 0.717) is 23.7 Å². The number of unbranched alkanes of at least 4 members (excludes halogenated alkanes) is 1. The Morgan fingerprint density at radius 3 is 2.82 bits per heavy atom. The Bertz CT molecular complexity index is 382. The van der Waals surface area contributed by atoms with Crippen molar-refractivity contribution in [3.8, 4) is 5.75 Å². The predicted molar refractivity (Wildman–Crippen MR) is 68.0 cm³/mol. The van der Waals surface area contributed by atoms with Gasteiger partial charge in [-0.2, -0.15) is 0 Å². The van der Waals surface area contributed by atoms with Crippen LogP contribution >= 0.6 is 11.6 Å². The molecule has 0 aliphatic rings. The lowest BCUT2D eigenvalue weighted by Gasteiger charge is -2.09. The van der Waals surface area contributed by atoms with Crippen LogP contribution in [0.1, 0.15) is 19.3 Å². The van der Waals surface area contributed by atoms with Crippen LogP contribution in [0.5, 0.6) is 5.75 Å². The molecular formula is C12H16ClNO3. The van der Waals surface area contributed by atoms with Gasteiger partial charge in [0.15, 0.2) is 0 Å². The molecule has 0 amide bonds. The third-order valence-corrected chi connectivity index (χ3v) is 2.62. The van der Waals surface area contributed by atoms with Gasteiger partial charge in [0.05, 0.1) is 17.8 Å². The topological polar surface area (TPSA) is 58.6 Å². The summed E-state index contributed by atoms with van der Waals surface area (Å²) in [7, 11) is 1.59. The molecule has 0 atom stereocenters. The maximum Gasteiger partial charge on any atom is 0.303 e. The highest BCUT2D eigenvalue weighted by Crippen LogP contribution is 2.26. The van der Waals surface area contributed by atoms with Crippen molar-refractivity contribution in [3.05, 3.63) is 23.2 Å². The molecule has 0 aliphatic heterocycles. The largest absolute Gasteiger partial charge is 0.497 e. The fraction of sp³-hybridized carbons (Fsp3) is 0.417. The van der Waals surface area contributed by atoms with Crippen molar-refractivity contribution in [3.63, 3.8) is 0 Å². The molecule has 4 nitrogen and oxygen atoms in total. The van der Waals surface area contributed by atoms with E-state index < -0.39 is 5.97 Å². The first-order valence-electron chi connectivity index (χ1n) is 5.42. The van der Waals surface area contributed by atoms with Gasteiger partial charge in [-0.25, -0.2) is 0 Å². The van der Waals surface area contributed by atoms with Gasteiger partial charge in [0.2, 0.25) is 0 Å². The van der Waals surface area contributed by atoms with Crippen LogP contribution in [0, 0.1) is 0 Å². The minimum atomic E-state index is -0.757.